The second-order valence-corrected chi connectivity index (χ2v) is 3.36. The van der Waals surface area contributed by atoms with Gasteiger partial charge in [-0.1, -0.05) is 0 Å². The number of hydrogen-bond acceptors (Lipinski definition) is 4. The first-order valence-electron chi connectivity index (χ1n) is 4.56. The van der Waals surface area contributed by atoms with Crippen molar-refractivity contribution in [2.45, 2.75) is 25.8 Å². The van der Waals surface area contributed by atoms with E-state index in [9.17, 15) is 23.7 Å². The zero-order valence-electron chi connectivity index (χ0n) is 8.71. The van der Waals surface area contributed by atoms with Crippen LogP contribution in [0.15, 0.2) is 6.20 Å². The van der Waals surface area contributed by atoms with E-state index in [-0.39, 0.29) is 0 Å². The van der Waals surface area contributed by atoms with Crippen molar-refractivity contribution in [1.82, 2.24) is 9.78 Å². The van der Waals surface area contributed by atoms with Crippen molar-refractivity contribution in [3.8, 4) is 0 Å². The lowest BCUT2D eigenvalue weighted by Gasteiger charge is -2.12. The van der Waals surface area contributed by atoms with Crippen LogP contribution in [0, 0.1) is 10.1 Å². The van der Waals surface area contributed by atoms with E-state index in [2.05, 4.69) is 5.10 Å². The van der Waals surface area contributed by atoms with Gasteiger partial charge in [0, 0.05) is 0 Å². The van der Waals surface area contributed by atoms with Gasteiger partial charge >= 0.3 is 11.7 Å². The van der Waals surface area contributed by atoms with Crippen molar-refractivity contribution < 1.29 is 23.6 Å². The van der Waals surface area contributed by atoms with E-state index in [1.165, 1.54) is 6.92 Å². The molecule has 17 heavy (non-hydrogen) atoms. The highest BCUT2D eigenvalue weighted by Gasteiger charge is 2.30. The quantitative estimate of drug-likeness (QED) is 0.633. The summed E-state index contributed by atoms with van der Waals surface area (Å²) < 4.78 is 26.0. The second kappa shape index (κ2) is 4.85. The predicted molar refractivity (Wildman–Crippen MR) is 50.8 cm³/mol. The molecular formula is C8H9F2N3O4. The molecule has 9 heteroatoms. The maximum atomic E-state index is 12.7. The van der Waals surface area contributed by atoms with Gasteiger partial charge in [0.25, 0.3) is 6.43 Å². The number of aromatic nitrogens is 2. The normalized spacial score (nSPS) is 12.7. The molecule has 0 spiro atoms. The van der Waals surface area contributed by atoms with Crippen LogP contribution >= 0.6 is 0 Å². The molecule has 1 aromatic heterocycles. The number of carbonyl (C=O) groups is 1. The Kier molecular flexibility index (Phi) is 3.71. The van der Waals surface area contributed by atoms with Crippen molar-refractivity contribution in [3.63, 3.8) is 0 Å². The van der Waals surface area contributed by atoms with Crippen molar-refractivity contribution in [3.05, 3.63) is 22.0 Å². The Morgan fingerprint density at radius 3 is 2.71 bits per heavy atom. The third-order valence-corrected chi connectivity index (χ3v) is 2.10. The van der Waals surface area contributed by atoms with Crippen LogP contribution in [0.5, 0.6) is 0 Å². The smallest absolute Gasteiger partial charge is 0.316 e. The summed E-state index contributed by atoms with van der Waals surface area (Å²) in [7, 11) is 0. The Labute approximate surface area is 93.8 Å². The topological polar surface area (TPSA) is 98.3 Å². The molecule has 1 rings (SSSR count). The summed E-state index contributed by atoms with van der Waals surface area (Å²) in [6.45, 7) is 1.34. The zero-order chi connectivity index (χ0) is 13.2. The molecule has 0 aliphatic carbocycles. The number of carboxylic acids is 1. The minimum atomic E-state index is -3.09. The highest BCUT2D eigenvalue weighted by molar-refractivity contribution is 5.67. The molecule has 1 N–H and O–H groups in total. The molecule has 0 aliphatic heterocycles. The largest absolute Gasteiger partial charge is 0.481 e. The van der Waals surface area contributed by atoms with E-state index in [1.54, 1.807) is 0 Å². The van der Waals surface area contributed by atoms with E-state index in [0.717, 1.165) is 0 Å². The Bertz CT molecular complexity index is 446. The standard InChI is InChI=1S/C8H9F2N3O4/c1-4(2-6(14)15)12-7(8(9)10)5(3-11-12)13(16)17/h3-4,8H,2H2,1H3,(H,14,15)/t4-/m1/s1. The molecule has 0 fully saturated rings. The van der Waals surface area contributed by atoms with E-state index in [0.29, 0.717) is 10.9 Å². The van der Waals surface area contributed by atoms with Gasteiger partial charge in [-0.25, -0.2) is 8.78 Å². The van der Waals surface area contributed by atoms with E-state index in [4.69, 9.17) is 5.11 Å². The average Bonchev–Trinajstić information content (AvgIpc) is 2.59. The summed E-state index contributed by atoms with van der Waals surface area (Å²) in [4.78, 5) is 20.0. The first kappa shape index (κ1) is 13.0. The minimum absolute atomic E-state index is 0.446. The van der Waals surface area contributed by atoms with Crippen LogP contribution in [-0.2, 0) is 4.79 Å². The van der Waals surface area contributed by atoms with Crippen molar-refractivity contribution in [2.75, 3.05) is 0 Å². The lowest BCUT2D eigenvalue weighted by atomic mass is 10.2. The maximum Gasteiger partial charge on any atom is 0.316 e. The molecule has 0 saturated carbocycles. The molecule has 0 bridgehead atoms. The lowest BCUT2D eigenvalue weighted by molar-refractivity contribution is -0.386. The number of alkyl halides is 2. The van der Waals surface area contributed by atoms with Crippen molar-refractivity contribution in [1.29, 1.82) is 0 Å². The fraction of sp³-hybridized carbons (Fsp3) is 0.500. The van der Waals surface area contributed by atoms with Crippen molar-refractivity contribution >= 4 is 11.7 Å². The molecule has 0 aromatic carbocycles. The average molecular weight is 249 g/mol. The van der Waals surface area contributed by atoms with Crippen molar-refractivity contribution in [2.24, 2.45) is 0 Å². The summed E-state index contributed by atoms with van der Waals surface area (Å²) in [6, 6.07) is -0.884. The Balaban J connectivity index is 3.16. The molecule has 94 valence electrons. The van der Waals surface area contributed by atoms with Gasteiger partial charge in [-0.15, -0.1) is 0 Å². The van der Waals surface area contributed by atoms with Crippen LogP contribution in [-0.4, -0.2) is 25.8 Å². The molecular weight excluding hydrogens is 240 g/mol. The number of nitrogens with zero attached hydrogens (tertiary/aromatic N) is 3. The Morgan fingerprint density at radius 2 is 2.29 bits per heavy atom. The first-order valence-corrected chi connectivity index (χ1v) is 4.56. The van der Waals surface area contributed by atoms with Gasteiger partial charge < -0.3 is 5.11 Å². The minimum Gasteiger partial charge on any atom is -0.481 e. The molecule has 0 aliphatic rings. The zero-order valence-corrected chi connectivity index (χ0v) is 8.71. The molecule has 7 nitrogen and oxygen atoms in total. The molecule has 0 amide bonds. The van der Waals surface area contributed by atoms with Crippen LogP contribution in [0.1, 0.15) is 31.5 Å². The Hall–Kier alpha value is -2.06. The third kappa shape index (κ3) is 2.74. The fourth-order valence-electron chi connectivity index (χ4n) is 1.41. The monoisotopic (exact) mass is 249 g/mol. The van der Waals surface area contributed by atoms with Crippen LogP contribution in [0.25, 0.3) is 0 Å². The van der Waals surface area contributed by atoms with Gasteiger partial charge in [0.05, 0.1) is 17.4 Å². The van der Waals surface area contributed by atoms with E-state index < -0.39 is 41.2 Å². The van der Waals surface area contributed by atoms with Gasteiger partial charge in [-0.05, 0) is 6.92 Å². The van der Waals surface area contributed by atoms with Gasteiger partial charge in [0.15, 0.2) is 5.69 Å². The summed E-state index contributed by atoms with van der Waals surface area (Å²) in [5.74, 6) is -1.20. The van der Waals surface area contributed by atoms with Gasteiger partial charge in [0.2, 0.25) is 0 Å². The van der Waals surface area contributed by atoms with Crippen LogP contribution in [0.2, 0.25) is 0 Å². The summed E-state index contributed by atoms with van der Waals surface area (Å²) in [6.07, 6.45) is -2.84. The predicted octanol–water partition coefficient (Wildman–Crippen LogP) is 1.76. The van der Waals surface area contributed by atoms with Crippen LogP contribution in [0.3, 0.4) is 0 Å². The molecule has 1 aromatic rings. The maximum absolute atomic E-state index is 12.7. The molecule has 1 atom stereocenters. The molecule has 0 unspecified atom stereocenters. The second-order valence-electron chi connectivity index (χ2n) is 3.36. The van der Waals surface area contributed by atoms with Crippen LogP contribution < -0.4 is 0 Å². The number of halogens is 2. The fourth-order valence-corrected chi connectivity index (χ4v) is 1.41. The summed E-state index contributed by atoms with van der Waals surface area (Å²) >= 11 is 0. The molecule has 0 saturated heterocycles. The SMILES string of the molecule is C[C@H](CC(=O)O)n1ncc([N+](=O)[O-])c1C(F)F. The summed E-state index contributed by atoms with van der Waals surface area (Å²) in [5, 5.41) is 22.5. The number of aliphatic carboxylic acids is 1. The lowest BCUT2D eigenvalue weighted by Crippen LogP contribution is -2.15. The first-order chi connectivity index (χ1) is 7.84. The number of rotatable bonds is 5. The number of carboxylic acid groups (broad SMARTS) is 1. The van der Waals surface area contributed by atoms with E-state index >= 15 is 0 Å². The third-order valence-electron chi connectivity index (χ3n) is 2.10. The van der Waals surface area contributed by atoms with Gasteiger partial charge in [0.1, 0.15) is 6.20 Å². The highest BCUT2D eigenvalue weighted by Crippen LogP contribution is 2.31. The molecule has 0 radical (unpaired) electrons. The van der Waals surface area contributed by atoms with E-state index in [1.807, 2.05) is 0 Å². The number of hydrogen-bond donors (Lipinski definition) is 1. The highest BCUT2D eigenvalue weighted by atomic mass is 19.3. The van der Waals surface area contributed by atoms with Gasteiger partial charge in [-0.3, -0.25) is 19.6 Å². The van der Waals surface area contributed by atoms with Gasteiger partial charge in [-0.2, -0.15) is 5.10 Å². The summed E-state index contributed by atoms with van der Waals surface area (Å²) in [5.41, 5.74) is -1.68. The Morgan fingerprint density at radius 1 is 1.71 bits per heavy atom. The number of nitro groups is 1. The molecule has 1 heterocycles. The van der Waals surface area contributed by atoms with Crippen LogP contribution in [0.4, 0.5) is 14.5 Å².